The average Bonchev–Trinajstić information content (AvgIpc) is 2.61. The first-order chi connectivity index (χ1) is 11.6. The van der Waals surface area contributed by atoms with E-state index in [1.807, 2.05) is 36.4 Å². The Kier molecular flexibility index (Phi) is 5.14. The Hall–Kier alpha value is -1.95. The molecule has 0 saturated heterocycles. The maximum atomic E-state index is 11.8. The van der Waals surface area contributed by atoms with Gasteiger partial charge in [0.1, 0.15) is 12.4 Å². The first-order valence-corrected chi connectivity index (χ1v) is 8.52. The number of hydrogen-bond donors (Lipinski definition) is 0. The maximum absolute atomic E-state index is 11.8. The van der Waals surface area contributed by atoms with E-state index in [1.54, 1.807) is 11.8 Å². The summed E-state index contributed by atoms with van der Waals surface area (Å²) < 4.78 is 12.0. The van der Waals surface area contributed by atoms with E-state index in [0.717, 1.165) is 27.6 Å². The number of amides is 1. The second-order valence-corrected chi connectivity index (χ2v) is 6.58. The largest absolute Gasteiger partial charge is 0.565 e. The van der Waals surface area contributed by atoms with Crippen molar-refractivity contribution in [2.45, 2.75) is 26.5 Å². The Morgan fingerprint density at radius 2 is 2.04 bits per heavy atom. The molecule has 6 heteroatoms. The number of carbonyl (C=O) groups is 1. The minimum absolute atomic E-state index is 0.0462. The Balaban J connectivity index is 1.96. The van der Waals surface area contributed by atoms with Crippen LogP contribution in [0.4, 0.5) is 0 Å². The smallest absolute Gasteiger partial charge is 0.374 e. The molecule has 2 aromatic rings. The van der Waals surface area contributed by atoms with Crippen LogP contribution >= 0.6 is 15.9 Å². The third-order valence-electron chi connectivity index (χ3n) is 4.19. The van der Waals surface area contributed by atoms with Crippen LogP contribution in [0.15, 0.2) is 40.9 Å². The number of hydrogen-bond acceptors (Lipinski definition) is 3. The molecule has 24 heavy (non-hydrogen) atoms. The van der Waals surface area contributed by atoms with Gasteiger partial charge in [-0.3, -0.25) is 4.79 Å². The first-order valence-electron chi connectivity index (χ1n) is 7.73. The van der Waals surface area contributed by atoms with Gasteiger partial charge in [-0.15, -0.1) is 0 Å². The molecule has 0 N–H and O–H groups in total. The molecule has 0 atom stereocenters. The summed E-state index contributed by atoms with van der Waals surface area (Å²) in [6, 6.07) is 11.7. The van der Waals surface area contributed by atoms with Crippen molar-refractivity contribution < 1.29 is 14.2 Å². The molecular formula is C18H17BBrNO3. The van der Waals surface area contributed by atoms with Gasteiger partial charge in [0.15, 0.2) is 5.75 Å². The highest BCUT2D eigenvalue weighted by Crippen LogP contribution is 2.41. The number of benzene rings is 2. The third-order valence-corrected chi connectivity index (χ3v) is 4.89. The zero-order valence-electron chi connectivity index (χ0n) is 13.4. The van der Waals surface area contributed by atoms with E-state index < -0.39 is 0 Å². The number of halogens is 1. The van der Waals surface area contributed by atoms with Crippen molar-refractivity contribution in [2.24, 2.45) is 0 Å². The van der Waals surface area contributed by atoms with E-state index in [1.165, 1.54) is 0 Å². The van der Waals surface area contributed by atoms with Gasteiger partial charge in [-0.1, -0.05) is 46.3 Å². The molecule has 0 aromatic heterocycles. The maximum Gasteiger partial charge on any atom is 0.374 e. The molecule has 3 rings (SSSR count). The van der Waals surface area contributed by atoms with E-state index in [-0.39, 0.29) is 5.91 Å². The highest BCUT2D eigenvalue weighted by molar-refractivity contribution is 9.10. The molecule has 0 unspecified atom stereocenters. The van der Waals surface area contributed by atoms with Crippen LogP contribution in [-0.4, -0.2) is 25.4 Å². The number of carbonyl (C=O) groups excluding carboxylic acids is 1. The number of nitrogens with zero attached hydrogens (tertiary/aromatic N) is 1. The SMILES string of the molecule is [B]Oc1cc(Br)c2c(c1OCc1ccccc1)CN(C(C)=O)CC2. The zero-order chi connectivity index (χ0) is 17.1. The van der Waals surface area contributed by atoms with Crippen LogP contribution in [0, 0.1) is 0 Å². The van der Waals surface area contributed by atoms with Crippen molar-refractivity contribution in [1.82, 2.24) is 4.90 Å². The quantitative estimate of drug-likeness (QED) is 0.757. The molecule has 0 saturated carbocycles. The van der Waals surface area contributed by atoms with Gasteiger partial charge in [0.25, 0.3) is 0 Å². The molecule has 0 fully saturated rings. The lowest BCUT2D eigenvalue weighted by Gasteiger charge is -2.31. The lowest BCUT2D eigenvalue weighted by atomic mass is 9.98. The van der Waals surface area contributed by atoms with E-state index in [0.29, 0.717) is 31.2 Å². The average molecular weight is 386 g/mol. The first kappa shape index (κ1) is 16.9. The summed E-state index contributed by atoms with van der Waals surface area (Å²) in [5.74, 6) is 1.11. The van der Waals surface area contributed by atoms with E-state index in [9.17, 15) is 4.79 Å². The van der Waals surface area contributed by atoms with Crippen LogP contribution in [0.25, 0.3) is 0 Å². The van der Waals surface area contributed by atoms with Gasteiger partial charge in [-0.05, 0) is 23.6 Å². The number of ether oxygens (including phenoxy) is 1. The minimum atomic E-state index is 0.0462. The number of rotatable bonds is 4. The summed E-state index contributed by atoms with van der Waals surface area (Å²) in [7, 11) is 5.43. The fourth-order valence-electron chi connectivity index (χ4n) is 2.90. The van der Waals surface area contributed by atoms with Crippen LogP contribution in [0.2, 0.25) is 0 Å². The Labute approximate surface area is 151 Å². The van der Waals surface area contributed by atoms with Crippen LogP contribution in [0.5, 0.6) is 11.5 Å². The molecule has 0 aliphatic carbocycles. The van der Waals surface area contributed by atoms with Crippen molar-refractivity contribution in [3.8, 4) is 11.5 Å². The predicted molar refractivity (Wildman–Crippen MR) is 96.1 cm³/mol. The molecule has 0 bridgehead atoms. The summed E-state index contributed by atoms with van der Waals surface area (Å²) in [5.41, 5.74) is 3.13. The van der Waals surface area contributed by atoms with Crippen LogP contribution in [0.1, 0.15) is 23.6 Å². The minimum Gasteiger partial charge on any atom is -0.565 e. The molecule has 1 heterocycles. The molecule has 1 aliphatic rings. The lowest BCUT2D eigenvalue weighted by molar-refractivity contribution is -0.129. The van der Waals surface area contributed by atoms with Gasteiger partial charge in [-0.25, -0.2) is 0 Å². The van der Waals surface area contributed by atoms with E-state index >= 15 is 0 Å². The molecule has 2 aromatic carbocycles. The zero-order valence-corrected chi connectivity index (χ0v) is 15.0. The molecule has 0 spiro atoms. The molecule has 4 nitrogen and oxygen atoms in total. The topological polar surface area (TPSA) is 38.8 Å². The third kappa shape index (κ3) is 3.43. The van der Waals surface area contributed by atoms with Gasteiger partial charge >= 0.3 is 8.05 Å². The van der Waals surface area contributed by atoms with Gasteiger partial charge in [0.05, 0.1) is 0 Å². The Bertz CT molecular complexity index is 752. The Morgan fingerprint density at radius 3 is 2.71 bits per heavy atom. The predicted octanol–water partition coefficient (Wildman–Crippen LogP) is 3.40. The molecule has 1 aliphatic heterocycles. The van der Waals surface area contributed by atoms with Crippen molar-refractivity contribution in [2.75, 3.05) is 6.54 Å². The monoisotopic (exact) mass is 385 g/mol. The standard InChI is InChI=1S/C18H17BBrNO3/c1-12(22)21-8-7-14-15(10-21)18(17(24-19)9-16(14)20)23-11-13-5-3-2-4-6-13/h2-6,9H,7-8,10-11H2,1H3. The van der Waals surface area contributed by atoms with Crippen molar-refractivity contribution in [3.63, 3.8) is 0 Å². The van der Waals surface area contributed by atoms with Crippen molar-refractivity contribution >= 4 is 29.9 Å². The van der Waals surface area contributed by atoms with Gasteiger partial charge in [0, 0.05) is 30.0 Å². The van der Waals surface area contributed by atoms with Crippen molar-refractivity contribution in [3.05, 3.63) is 57.6 Å². The van der Waals surface area contributed by atoms with Crippen LogP contribution in [-0.2, 0) is 24.4 Å². The summed E-state index contributed by atoms with van der Waals surface area (Å²) in [6.07, 6.45) is 0.766. The fourth-order valence-corrected chi connectivity index (χ4v) is 3.54. The highest BCUT2D eigenvalue weighted by Gasteiger charge is 2.26. The normalized spacial score (nSPS) is 13.3. The molecule has 2 radical (unpaired) electrons. The summed E-state index contributed by atoms with van der Waals surface area (Å²) in [5, 5.41) is 0. The molecular weight excluding hydrogens is 369 g/mol. The van der Waals surface area contributed by atoms with E-state index in [2.05, 4.69) is 15.9 Å². The summed E-state index contributed by atoms with van der Waals surface area (Å²) in [4.78, 5) is 13.6. The van der Waals surface area contributed by atoms with E-state index in [4.69, 9.17) is 17.4 Å². The van der Waals surface area contributed by atoms with Gasteiger partial charge < -0.3 is 14.3 Å². The second-order valence-electron chi connectivity index (χ2n) is 5.73. The molecule has 1 amide bonds. The van der Waals surface area contributed by atoms with Crippen LogP contribution < -0.4 is 9.39 Å². The van der Waals surface area contributed by atoms with Crippen molar-refractivity contribution in [1.29, 1.82) is 0 Å². The fraction of sp³-hybridized carbons (Fsp3) is 0.278. The summed E-state index contributed by atoms with van der Waals surface area (Å²) in [6.45, 7) is 3.17. The lowest BCUT2D eigenvalue weighted by Crippen LogP contribution is -2.34. The Morgan fingerprint density at radius 1 is 1.29 bits per heavy atom. The van der Waals surface area contributed by atoms with Gasteiger partial charge in [-0.2, -0.15) is 0 Å². The van der Waals surface area contributed by atoms with Crippen LogP contribution in [0.3, 0.4) is 0 Å². The van der Waals surface area contributed by atoms with Gasteiger partial charge in [0.2, 0.25) is 5.91 Å². The number of fused-ring (bicyclic) bond motifs is 1. The summed E-state index contributed by atoms with van der Waals surface area (Å²) >= 11 is 3.57. The second kappa shape index (κ2) is 7.30. The molecule has 122 valence electrons. The highest BCUT2D eigenvalue weighted by atomic mass is 79.9.